The first-order valence-corrected chi connectivity index (χ1v) is 5.10. The van der Waals surface area contributed by atoms with E-state index in [1.54, 1.807) is 0 Å². The summed E-state index contributed by atoms with van der Waals surface area (Å²) in [6.07, 6.45) is 7.35. The van der Waals surface area contributed by atoms with Gasteiger partial charge in [0.15, 0.2) is 0 Å². The van der Waals surface area contributed by atoms with Crippen LogP contribution in [0, 0.1) is 5.92 Å². The Bertz CT molecular complexity index is 129. The van der Waals surface area contributed by atoms with Crippen LogP contribution in [0.4, 0.5) is 0 Å². The van der Waals surface area contributed by atoms with E-state index in [0.717, 1.165) is 12.0 Å². The molecule has 0 radical (unpaired) electrons. The number of likely N-dealkylation sites (tertiary alicyclic amines) is 1. The summed E-state index contributed by atoms with van der Waals surface area (Å²) >= 11 is 0. The number of piperidine rings is 1. The van der Waals surface area contributed by atoms with Crippen LogP contribution in [0.2, 0.25) is 0 Å². The van der Waals surface area contributed by atoms with Crippen molar-refractivity contribution in [2.24, 2.45) is 5.92 Å². The van der Waals surface area contributed by atoms with Gasteiger partial charge in [0.25, 0.3) is 0 Å². The zero-order chi connectivity index (χ0) is 7.68. The van der Waals surface area contributed by atoms with Crippen LogP contribution in [0.25, 0.3) is 0 Å². The van der Waals surface area contributed by atoms with Gasteiger partial charge in [0.1, 0.15) is 0 Å². The molecule has 0 bridgehead atoms. The van der Waals surface area contributed by atoms with Crippen LogP contribution < -0.4 is 0 Å². The molecule has 2 fully saturated rings. The van der Waals surface area contributed by atoms with Gasteiger partial charge in [-0.15, -0.1) is 0 Å². The van der Waals surface area contributed by atoms with Crippen LogP contribution in [-0.2, 0) is 0 Å². The molecule has 2 rings (SSSR count). The standard InChI is InChI=1S/C10H19N/c1-9-4-2-3-7-11(9)8-10-5-6-10/h9-10H,2-8H2,1H3/t9-/m0/s1. The lowest BCUT2D eigenvalue weighted by Crippen LogP contribution is -2.38. The van der Waals surface area contributed by atoms with Crippen molar-refractivity contribution in [3.8, 4) is 0 Å². The first kappa shape index (κ1) is 7.60. The molecule has 1 nitrogen and oxygen atoms in total. The summed E-state index contributed by atoms with van der Waals surface area (Å²) in [7, 11) is 0. The zero-order valence-electron chi connectivity index (χ0n) is 7.55. The third-order valence-electron chi connectivity index (χ3n) is 3.13. The van der Waals surface area contributed by atoms with Crippen LogP contribution in [0.1, 0.15) is 39.0 Å². The molecular weight excluding hydrogens is 134 g/mol. The molecule has 1 aliphatic heterocycles. The van der Waals surface area contributed by atoms with E-state index in [9.17, 15) is 0 Å². The highest BCUT2D eigenvalue weighted by Crippen LogP contribution is 2.31. The Morgan fingerprint density at radius 3 is 2.64 bits per heavy atom. The van der Waals surface area contributed by atoms with Crippen molar-refractivity contribution in [1.29, 1.82) is 0 Å². The topological polar surface area (TPSA) is 3.24 Å². The molecule has 1 aliphatic carbocycles. The van der Waals surface area contributed by atoms with Crippen LogP contribution in [0.3, 0.4) is 0 Å². The number of nitrogens with zero attached hydrogens (tertiary/aromatic N) is 1. The number of hydrogen-bond donors (Lipinski definition) is 0. The van der Waals surface area contributed by atoms with Crippen molar-refractivity contribution in [3.63, 3.8) is 0 Å². The third kappa shape index (κ3) is 1.96. The summed E-state index contributed by atoms with van der Waals surface area (Å²) in [5, 5.41) is 0. The Morgan fingerprint density at radius 2 is 2.00 bits per heavy atom. The van der Waals surface area contributed by atoms with Gasteiger partial charge in [0.05, 0.1) is 0 Å². The van der Waals surface area contributed by atoms with Crippen molar-refractivity contribution in [2.75, 3.05) is 13.1 Å². The fourth-order valence-corrected chi connectivity index (χ4v) is 2.06. The Labute approximate surface area is 69.8 Å². The molecule has 1 heterocycles. The predicted octanol–water partition coefficient (Wildman–Crippen LogP) is 2.27. The monoisotopic (exact) mass is 153 g/mol. The minimum absolute atomic E-state index is 0.879. The van der Waals surface area contributed by atoms with Crippen molar-refractivity contribution in [3.05, 3.63) is 0 Å². The van der Waals surface area contributed by atoms with Crippen molar-refractivity contribution in [1.82, 2.24) is 4.90 Å². The predicted molar refractivity (Wildman–Crippen MR) is 47.6 cm³/mol. The lowest BCUT2D eigenvalue weighted by Gasteiger charge is -2.33. The molecule has 1 heteroatoms. The van der Waals surface area contributed by atoms with Gasteiger partial charge in [-0.05, 0) is 45.1 Å². The van der Waals surface area contributed by atoms with Gasteiger partial charge < -0.3 is 4.90 Å². The van der Waals surface area contributed by atoms with Gasteiger partial charge >= 0.3 is 0 Å². The maximum absolute atomic E-state index is 2.70. The Kier molecular flexibility index (Phi) is 2.17. The largest absolute Gasteiger partial charge is 0.300 e. The summed E-state index contributed by atoms with van der Waals surface area (Å²) in [4.78, 5) is 2.70. The van der Waals surface area contributed by atoms with E-state index < -0.39 is 0 Å². The van der Waals surface area contributed by atoms with Crippen molar-refractivity contribution < 1.29 is 0 Å². The molecule has 11 heavy (non-hydrogen) atoms. The summed E-state index contributed by atoms with van der Waals surface area (Å²) in [6.45, 7) is 5.17. The zero-order valence-corrected chi connectivity index (χ0v) is 7.55. The molecule has 0 unspecified atom stereocenters. The molecule has 1 atom stereocenters. The lowest BCUT2D eigenvalue weighted by molar-refractivity contribution is 0.154. The summed E-state index contributed by atoms with van der Waals surface area (Å²) in [5.41, 5.74) is 0. The Hall–Kier alpha value is -0.0400. The molecule has 0 spiro atoms. The average molecular weight is 153 g/mol. The first-order chi connectivity index (χ1) is 5.36. The van der Waals surface area contributed by atoms with E-state index in [2.05, 4.69) is 11.8 Å². The summed E-state index contributed by atoms with van der Waals surface area (Å²) in [6, 6.07) is 0.879. The van der Waals surface area contributed by atoms with E-state index in [1.165, 1.54) is 45.2 Å². The minimum Gasteiger partial charge on any atom is -0.300 e. The average Bonchev–Trinajstić information content (AvgIpc) is 2.78. The fourth-order valence-electron chi connectivity index (χ4n) is 2.06. The molecule has 0 aromatic carbocycles. The SMILES string of the molecule is C[C@H]1CCCCN1CC1CC1. The van der Waals surface area contributed by atoms with Crippen molar-refractivity contribution in [2.45, 2.75) is 45.1 Å². The van der Waals surface area contributed by atoms with Gasteiger partial charge in [-0.25, -0.2) is 0 Å². The van der Waals surface area contributed by atoms with Crippen LogP contribution in [-0.4, -0.2) is 24.0 Å². The molecule has 0 N–H and O–H groups in total. The van der Waals surface area contributed by atoms with Gasteiger partial charge in [-0.1, -0.05) is 6.42 Å². The Morgan fingerprint density at radius 1 is 1.18 bits per heavy atom. The van der Waals surface area contributed by atoms with Gasteiger partial charge in [0, 0.05) is 12.6 Å². The molecule has 0 aromatic rings. The number of rotatable bonds is 2. The third-order valence-corrected chi connectivity index (χ3v) is 3.13. The molecular formula is C10H19N. The van der Waals surface area contributed by atoms with E-state index in [0.29, 0.717) is 0 Å². The van der Waals surface area contributed by atoms with E-state index >= 15 is 0 Å². The van der Waals surface area contributed by atoms with Crippen LogP contribution in [0.15, 0.2) is 0 Å². The van der Waals surface area contributed by atoms with E-state index in [1.807, 2.05) is 0 Å². The molecule has 64 valence electrons. The number of hydrogen-bond acceptors (Lipinski definition) is 1. The van der Waals surface area contributed by atoms with Gasteiger partial charge in [0.2, 0.25) is 0 Å². The maximum Gasteiger partial charge on any atom is 0.00670 e. The highest BCUT2D eigenvalue weighted by molar-refractivity contribution is 4.81. The Balaban J connectivity index is 1.78. The summed E-state index contributed by atoms with van der Waals surface area (Å²) < 4.78 is 0. The fraction of sp³-hybridized carbons (Fsp3) is 1.00. The second-order valence-electron chi connectivity index (χ2n) is 4.28. The normalized spacial score (nSPS) is 34.1. The second-order valence-corrected chi connectivity index (χ2v) is 4.28. The van der Waals surface area contributed by atoms with Gasteiger partial charge in [-0.3, -0.25) is 0 Å². The van der Waals surface area contributed by atoms with E-state index in [4.69, 9.17) is 0 Å². The molecule has 1 saturated carbocycles. The highest BCUT2D eigenvalue weighted by atomic mass is 15.2. The quantitative estimate of drug-likeness (QED) is 0.588. The van der Waals surface area contributed by atoms with E-state index in [-0.39, 0.29) is 0 Å². The molecule has 1 saturated heterocycles. The van der Waals surface area contributed by atoms with Crippen LogP contribution in [0.5, 0.6) is 0 Å². The molecule has 0 amide bonds. The van der Waals surface area contributed by atoms with Crippen molar-refractivity contribution >= 4 is 0 Å². The highest BCUT2D eigenvalue weighted by Gasteiger charge is 2.27. The lowest BCUT2D eigenvalue weighted by atomic mass is 10.0. The van der Waals surface area contributed by atoms with Gasteiger partial charge in [-0.2, -0.15) is 0 Å². The molecule has 0 aromatic heterocycles. The first-order valence-electron chi connectivity index (χ1n) is 5.10. The smallest absolute Gasteiger partial charge is 0.00670 e. The maximum atomic E-state index is 2.70. The summed E-state index contributed by atoms with van der Waals surface area (Å²) in [5.74, 6) is 1.08. The van der Waals surface area contributed by atoms with Crippen LogP contribution >= 0.6 is 0 Å². The minimum atomic E-state index is 0.879. The molecule has 2 aliphatic rings. The second kappa shape index (κ2) is 3.14.